The second-order valence-corrected chi connectivity index (χ2v) is 7.13. The molecular formula is C20H23N3O5. The van der Waals surface area contributed by atoms with Crippen molar-refractivity contribution in [3.05, 3.63) is 41.3 Å². The molecule has 8 heteroatoms. The fraction of sp³-hybridized carbons (Fsp3) is 0.450. The molecule has 0 unspecified atom stereocenters. The van der Waals surface area contributed by atoms with Crippen LogP contribution < -0.4 is 14.8 Å². The van der Waals surface area contributed by atoms with Gasteiger partial charge in [0.15, 0.2) is 23.0 Å². The lowest BCUT2D eigenvalue weighted by atomic mass is 10.1. The molecule has 28 heavy (non-hydrogen) atoms. The van der Waals surface area contributed by atoms with Crippen LogP contribution in [-0.4, -0.2) is 41.8 Å². The van der Waals surface area contributed by atoms with Crippen LogP contribution >= 0.6 is 0 Å². The van der Waals surface area contributed by atoms with Gasteiger partial charge in [-0.1, -0.05) is 12.1 Å². The maximum atomic E-state index is 13.0. The van der Waals surface area contributed by atoms with E-state index in [9.17, 15) is 9.59 Å². The van der Waals surface area contributed by atoms with Crippen molar-refractivity contribution in [3.8, 4) is 11.5 Å². The smallest absolute Gasteiger partial charge is 0.273 e. The highest BCUT2D eigenvalue weighted by atomic mass is 16.7. The number of aromatic nitrogens is 1. The average molecular weight is 385 g/mol. The number of ether oxygens (including phenoxy) is 2. The minimum atomic E-state index is -0.244. The number of nitrogens with one attached hydrogen (secondary N) is 1. The molecule has 1 saturated carbocycles. The molecule has 0 atom stereocenters. The summed E-state index contributed by atoms with van der Waals surface area (Å²) in [6.07, 6.45) is 3.12. The van der Waals surface area contributed by atoms with Crippen LogP contribution in [0.4, 0.5) is 0 Å². The SMILES string of the molecule is CCCN(Cc1cc(C(=O)NCC2CC2)no1)C(=O)c1ccc2c(c1)OCO2. The quantitative estimate of drug-likeness (QED) is 0.751. The molecule has 1 aromatic carbocycles. The Balaban J connectivity index is 1.43. The zero-order valence-corrected chi connectivity index (χ0v) is 15.8. The Kier molecular flexibility index (Phi) is 5.18. The second-order valence-electron chi connectivity index (χ2n) is 7.13. The summed E-state index contributed by atoms with van der Waals surface area (Å²) in [6.45, 7) is 3.62. The third kappa shape index (κ3) is 4.11. The van der Waals surface area contributed by atoms with Crippen molar-refractivity contribution in [2.24, 2.45) is 5.92 Å². The Morgan fingerprint density at radius 3 is 2.82 bits per heavy atom. The number of carbonyl (C=O) groups excluding carboxylic acids is 2. The van der Waals surface area contributed by atoms with Gasteiger partial charge < -0.3 is 24.2 Å². The Morgan fingerprint density at radius 2 is 2.04 bits per heavy atom. The molecule has 2 amide bonds. The number of fused-ring (bicyclic) bond motifs is 1. The molecule has 0 bridgehead atoms. The summed E-state index contributed by atoms with van der Waals surface area (Å²) in [5.74, 6) is 1.88. The summed E-state index contributed by atoms with van der Waals surface area (Å²) in [7, 11) is 0. The van der Waals surface area contributed by atoms with E-state index in [0.717, 1.165) is 19.3 Å². The first-order valence-electron chi connectivity index (χ1n) is 9.56. The third-order valence-corrected chi connectivity index (χ3v) is 4.79. The van der Waals surface area contributed by atoms with Gasteiger partial charge in [0.1, 0.15) is 0 Å². The predicted octanol–water partition coefficient (Wildman–Crippen LogP) is 2.60. The Hall–Kier alpha value is -3.03. The van der Waals surface area contributed by atoms with Crippen LogP contribution in [-0.2, 0) is 6.54 Å². The number of nitrogens with zero attached hydrogens (tertiary/aromatic N) is 2. The Labute approximate surface area is 162 Å². The number of hydrogen-bond acceptors (Lipinski definition) is 6. The van der Waals surface area contributed by atoms with Gasteiger partial charge in [-0.15, -0.1) is 0 Å². The van der Waals surface area contributed by atoms with Gasteiger partial charge in [0, 0.05) is 24.7 Å². The van der Waals surface area contributed by atoms with Crippen molar-refractivity contribution >= 4 is 11.8 Å². The van der Waals surface area contributed by atoms with Crippen molar-refractivity contribution in [2.75, 3.05) is 19.9 Å². The minimum Gasteiger partial charge on any atom is -0.454 e. The summed E-state index contributed by atoms with van der Waals surface area (Å²) in [4.78, 5) is 26.7. The van der Waals surface area contributed by atoms with Gasteiger partial charge >= 0.3 is 0 Å². The van der Waals surface area contributed by atoms with Gasteiger partial charge in [-0.3, -0.25) is 9.59 Å². The summed E-state index contributed by atoms with van der Waals surface area (Å²) < 4.78 is 15.9. The largest absolute Gasteiger partial charge is 0.454 e. The van der Waals surface area contributed by atoms with E-state index in [-0.39, 0.29) is 30.8 Å². The van der Waals surface area contributed by atoms with Gasteiger partial charge in [-0.25, -0.2) is 0 Å². The Bertz CT molecular complexity index is 874. The van der Waals surface area contributed by atoms with Crippen molar-refractivity contribution in [2.45, 2.75) is 32.7 Å². The summed E-state index contributed by atoms with van der Waals surface area (Å²) >= 11 is 0. The van der Waals surface area contributed by atoms with E-state index in [0.29, 0.717) is 41.8 Å². The fourth-order valence-corrected chi connectivity index (χ4v) is 3.07. The first kappa shape index (κ1) is 18.3. The number of amides is 2. The topological polar surface area (TPSA) is 93.9 Å². The van der Waals surface area contributed by atoms with Crippen LogP contribution in [0.15, 0.2) is 28.8 Å². The fourth-order valence-electron chi connectivity index (χ4n) is 3.07. The molecule has 1 aliphatic heterocycles. The van der Waals surface area contributed by atoms with E-state index >= 15 is 0 Å². The van der Waals surface area contributed by atoms with E-state index in [1.807, 2.05) is 6.92 Å². The zero-order chi connectivity index (χ0) is 19.5. The van der Waals surface area contributed by atoms with E-state index in [4.69, 9.17) is 14.0 Å². The van der Waals surface area contributed by atoms with Crippen molar-refractivity contribution in [3.63, 3.8) is 0 Å². The van der Waals surface area contributed by atoms with Gasteiger partial charge in [0.05, 0.1) is 6.54 Å². The molecule has 4 rings (SSSR count). The average Bonchev–Trinajstić information content (AvgIpc) is 3.21. The molecule has 2 aromatic rings. The van der Waals surface area contributed by atoms with Crippen molar-refractivity contribution in [1.29, 1.82) is 0 Å². The van der Waals surface area contributed by atoms with E-state index in [2.05, 4.69) is 10.5 Å². The lowest BCUT2D eigenvalue weighted by Gasteiger charge is -2.20. The molecule has 1 fully saturated rings. The molecule has 1 N–H and O–H groups in total. The lowest BCUT2D eigenvalue weighted by Crippen LogP contribution is -2.31. The first-order chi connectivity index (χ1) is 13.6. The molecule has 2 aliphatic rings. The van der Waals surface area contributed by atoms with Crippen LogP contribution in [0, 0.1) is 5.92 Å². The molecule has 0 saturated heterocycles. The summed E-state index contributed by atoms with van der Waals surface area (Å²) in [5, 5.41) is 6.70. The first-order valence-corrected chi connectivity index (χ1v) is 9.56. The molecule has 148 valence electrons. The minimum absolute atomic E-state index is 0.142. The van der Waals surface area contributed by atoms with E-state index in [1.54, 1.807) is 29.2 Å². The monoisotopic (exact) mass is 385 g/mol. The van der Waals surface area contributed by atoms with Crippen LogP contribution in [0.2, 0.25) is 0 Å². The normalized spacial score (nSPS) is 14.8. The molecule has 2 heterocycles. The molecule has 0 radical (unpaired) electrons. The van der Waals surface area contributed by atoms with E-state index < -0.39 is 0 Å². The summed E-state index contributed by atoms with van der Waals surface area (Å²) in [5.41, 5.74) is 0.752. The maximum absolute atomic E-state index is 13.0. The molecule has 1 aromatic heterocycles. The van der Waals surface area contributed by atoms with Crippen LogP contribution in [0.25, 0.3) is 0 Å². The number of benzene rings is 1. The maximum Gasteiger partial charge on any atom is 0.273 e. The number of hydrogen-bond donors (Lipinski definition) is 1. The van der Waals surface area contributed by atoms with Gasteiger partial charge in [0.2, 0.25) is 6.79 Å². The van der Waals surface area contributed by atoms with Crippen LogP contribution in [0.1, 0.15) is 52.8 Å². The molecule has 8 nitrogen and oxygen atoms in total. The highest BCUT2D eigenvalue weighted by Gasteiger charge is 2.24. The van der Waals surface area contributed by atoms with E-state index in [1.165, 1.54) is 0 Å². The number of carbonyl (C=O) groups is 2. The predicted molar refractivity (Wildman–Crippen MR) is 99.2 cm³/mol. The Morgan fingerprint density at radius 1 is 1.21 bits per heavy atom. The molecular weight excluding hydrogens is 362 g/mol. The highest BCUT2D eigenvalue weighted by Crippen LogP contribution is 2.33. The molecule has 0 spiro atoms. The third-order valence-electron chi connectivity index (χ3n) is 4.79. The standard InChI is InChI=1S/C20H23N3O5/c1-2-7-23(20(25)14-5-6-17-18(8-14)27-12-26-17)11-15-9-16(22-28-15)19(24)21-10-13-3-4-13/h5-6,8-9,13H,2-4,7,10-12H2,1H3,(H,21,24). The van der Waals surface area contributed by atoms with Gasteiger partial charge in [0.25, 0.3) is 11.8 Å². The number of rotatable bonds is 8. The van der Waals surface area contributed by atoms with Gasteiger partial charge in [-0.2, -0.15) is 0 Å². The summed E-state index contributed by atoms with van der Waals surface area (Å²) in [6, 6.07) is 6.73. The van der Waals surface area contributed by atoms with Crippen LogP contribution in [0.3, 0.4) is 0 Å². The van der Waals surface area contributed by atoms with Gasteiger partial charge in [-0.05, 0) is 43.4 Å². The zero-order valence-electron chi connectivity index (χ0n) is 15.8. The second kappa shape index (κ2) is 7.92. The highest BCUT2D eigenvalue weighted by molar-refractivity contribution is 5.95. The lowest BCUT2D eigenvalue weighted by molar-refractivity contribution is 0.0726. The van der Waals surface area contributed by atoms with Crippen molar-refractivity contribution < 1.29 is 23.6 Å². The molecule has 1 aliphatic carbocycles. The van der Waals surface area contributed by atoms with Crippen molar-refractivity contribution in [1.82, 2.24) is 15.4 Å². The van der Waals surface area contributed by atoms with Crippen LogP contribution in [0.5, 0.6) is 11.5 Å².